The third-order valence-corrected chi connectivity index (χ3v) is 5.17. The van der Waals surface area contributed by atoms with Crippen molar-refractivity contribution in [2.24, 2.45) is 5.10 Å². The average molecular weight is 357 g/mol. The lowest BCUT2D eigenvalue weighted by atomic mass is 9.90. The predicted octanol–water partition coefficient (Wildman–Crippen LogP) is 4.56. The van der Waals surface area contributed by atoms with Crippen molar-refractivity contribution in [3.05, 3.63) is 88.7 Å². The van der Waals surface area contributed by atoms with Crippen molar-refractivity contribution >= 4 is 11.6 Å². The van der Waals surface area contributed by atoms with E-state index in [1.54, 1.807) is 0 Å². The Bertz CT molecular complexity index is 1020. The summed E-state index contributed by atoms with van der Waals surface area (Å²) in [5.74, 6) is -0.166. The second kappa shape index (κ2) is 7.23. The number of hydrogen-bond acceptors (Lipinski definition) is 2. The maximum Gasteiger partial charge on any atom is 0.273 e. The molecule has 0 radical (unpaired) electrons. The summed E-state index contributed by atoms with van der Waals surface area (Å²) in [7, 11) is 0. The molecule has 2 aromatic carbocycles. The molecular weight excluding hydrogens is 334 g/mol. The lowest BCUT2D eigenvalue weighted by molar-refractivity contribution is 0.0954. The van der Waals surface area contributed by atoms with E-state index in [-0.39, 0.29) is 5.91 Å². The molecule has 1 aromatic heterocycles. The van der Waals surface area contributed by atoms with Gasteiger partial charge < -0.3 is 4.57 Å². The third kappa shape index (κ3) is 3.31. The number of para-hydroxylation sites is 1. The van der Waals surface area contributed by atoms with E-state index < -0.39 is 0 Å². The molecule has 0 unspecified atom stereocenters. The predicted molar refractivity (Wildman–Crippen MR) is 109 cm³/mol. The molecule has 1 heterocycles. The van der Waals surface area contributed by atoms with Crippen molar-refractivity contribution in [2.75, 3.05) is 0 Å². The minimum atomic E-state index is -0.166. The second-order valence-corrected chi connectivity index (χ2v) is 6.97. The summed E-state index contributed by atoms with van der Waals surface area (Å²) in [5, 5.41) is 4.46. The van der Waals surface area contributed by atoms with Gasteiger partial charge in [0.2, 0.25) is 0 Å². The zero-order valence-electron chi connectivity index (χ0n) is 15.7. The fraction of sp³-hybridized carbons (Fsp3) is 0.217. The molecule has 4 nitrogen and oxygen atoms in total. The molecule has 1 N–H and O–H groups in total. The minimum absolute atomic E-state index is 0.166. The molecular formula is C23H23N3O. The Hall–Kier alpha value is -3.14. The first-order chi connectivity index (χ1) is 13.1. The number of benzene rings is 2. The van der Waals surface area contributed by atoms with Crippen LogP contribution in [0.4, 0.5) is 0 Å². The number of carbonyl (C=O) groups excluding carboxylic acids is 1. The monoisotopic (exact) mass is 357 g/mol. The highest BCUT2D eigenvalue weighted by Gasteiger charge is 2.18. The SMILES string of the molecule is Cc1cc(C(=O)N/N=C2/CCCc3ccccc32)c(C)n1-c1ccccc1. The first-order valence-corrected chi connectivity index (χ1v) is 9.34. The highest BCUT2D eigenvalue weighted by atomic mass is 16.2. The van der Waals surface area contributed by atoms with Crippen LogP contribution in [0.15, 0.2) is 65.8 Å². The van der Waals surface area contributed by atoms with Crippen LogP contribution in [0.2, 0.25) is 0 Å². The molecule has 3 aromatic rings. The molecule has 0 fully saturated rings. The van der Waals surface area contributed by atoms with Gasteiger partial charge in [0.1, 0.15) is 0 Å². The van der Waals surface area contributed by atoms with Crippen molar-refractivity contribution in [3.63, 3.8) is 0 Å². The lowest BCUT2D eigenvalue weighted by Gasteiger charge is -2.17. The largest absolute Gasteiger partial charge is 0.318 e. The number of rotatable bonds is 3. The highest BCUT2D eigenvalue weighted by Crippen LogP contribution is 2.22. The maximum absolute atomic E-state index is 12.8. The van der Waals surface area contributed by atoms with Crippen molar-refractivity contribution in [1.29, 1.82) is 0 Å². The standard InChI is InChI=1S/C23H23N3O/c1-16-15-21(17(2)26(16)19-11-4-3-5-12-19)23(27)25-24-22-14-8-10-18-9-6-7-13-20(18)22/h3-7,9,11-13,15H,8,10,14H2,1-2H3,(H,25,27)/b24-22-. The van der Waals surface area contributed by atoms with Gasteiger partial charge >= 0.3 is 0 Å². The van der Waals surface area contributed by atoms with Gasteiger partial charge in [-0.2, -0.15) is 5.10 Å². The van der Waals surface area contributed by atoms with Crippen molar-refractivity contribution in [3.8, 4) is 5.69 Å². The Labute approximate surface area is 159 Å². The van der Waals surface area contributed by atoms with Crippen LogP contribution in [0.5, 0.6) is 0 Å². The quantitative estimate of drug-likeness (QED) is 0.686. The summed E-state index contributed by atoms with van der Waals surface area (Å²) >= 11 is 0. The topological polar surface area (TPSA) is 46.4 Å². The van der Waals surface area contributed by atoms with Crippen molar-refractivity contribution < 1.29 is 4.79 Å². The van der Waals surface area contributed by atoms with Crippen LogP contribution in [-0.2, 0) is 6.42 Å². The molecule has 1 aliphatic rings. The molecule has 27 heavy (non-hydrogen) atoms. The number of nitrogens with zero attached hydrogens (tertiary/aromatic N) is 2. The fourth-order valence-corrected chi connectivity index (χ4v) is 3.86. The molecule has 0 saturated heterocycles. The van der Waals surface area contributed by atoms with Gasteiger partial charge in [0.05, 0.1) is 11.3 Å². The highest BCUT2D eigenvalue weighted by molar-refractivity contribution is 6.04. The van der Waals surface area contributed by atoms with E-state index in [4.69, 9.17) is 0 Å². The first kappa shape index (κ1) is 17.3. The molecule has 136 valence electrons. The Morgan fingerprint density at radius 1 is 1.00 bits per heavy atom. The van der Waals surface area contributed by atoms with Crippen molar-refractivity contribution in [2.45, 2.75) is 33.1 Å². The number of aryl methyl sites for hydroxylation is 2. The number of hydrazone groups is 1. The number of fused-ring (bicyclic) bond motifs is 1. The summed E-state index contributed by atoms with van der Waals surface area (Å²) < 4.78 is 2.10. The molecule has 0 spiro atoms. The number of aromatic nitrogens is 1. The third-order valence-electron chi connectivity index (χ3n) is 5.17. The summed E-state index contributed by atoms with van der Waals surface area (Å²) in [6, 6.07) is 20.3. The van der Waals surface area contributed by atoms with Gasteiger partial charge in [-0.1, -0.05) is 42.5 Å². The molecule has 4 rings (SSSR count). The van der Waals surface area contributed by atoms with Gasteiger partial charge in [-0.25, -0.2) is 5.43 Å². The van der Waals surface area contributed by atoms with Gasteiger partial charge in [0, 0.05) is 22.6 Å². The van der Waals surface area contributed by atoms with Crippen LogP contribution in [0.1, 0.15) is 45.7 Å². The fourth-order valence-electron chi connectivity index (χ4n) is 3.86. The zero-order valence-corrected chi connectivity index (χ0v) is 15.7. The van der Waals surface area contributed by atoms with Crippen LogP contribution < -0.4 is 5.43 Å². The molecule has 4 heteroatoms. The van der Waals surface area contributed by atoms with E-state index >= 15 is 0 Å². The van der Waals surface area contributed by atoms with Gasteiger partial charge in [0.15, 0.2) is 0 Å². The molecule has 0 atom stereocenters. The number of hydrogen-bond donors (Lipinski definition) is 1. The van der Waals surface area contributed by atoms with E-state index in [0.717, 1.165) is 47.6 Å². The van der Waals surface area contributed by atoms with E-state index in [9.17, 15) is 4.79 Å². The normalized spacial score (nSPS) is 14.8. The Morgan fingerprint density at radius 2 is 1.74 bits per heavy atom. The molecule has 1 amide bonds. The summed E-state index contributed by atoms with van der Waals surface area (Å²) in [4.78, 5) is 12.8. The van der Waals surface area contributed by atoms with E-state index in [2.05, 4.69) is 33.3 Å². The molecule has 0 aliphatic heterocycles. The van der Waals surface area contributed by atoms with E-state index in [1.165, 1.54) is 5.56 Å². The van der Waals surface area contributed by atoms with E-state index in [0.29, 0.717) is 5.56 Å². The number of amides is 1. The minimum Gasteiger partial charge on any atom is -0.318 e. The maximum atomic E-state index is 12.8. The number of carbonyl (C=O) groups is 1. The Morgan fingerprint density at radius 3 is 2.56 bits per heavy atom. The van der Waals surface area contributed by atoms with Crippen LogP contribution in [0.25, 0.3) is 5.69 Å². The number of nitrogens with one attached hydrogen (secondary N) is 1. The summed E-state index contributed by atoms with van der Waals surface area (Å²) in [6.45, 7) is 3.98. The van der Waals surface area contributed by atoms with Crippen LogP contribution >= 0.6 is 0 Å². The lowest BCUT2D eigenvalue weighted by Crippen LogP contribution is -2.22. The molecule has 0 bridgehead atoms. The summed E-state index contributed by atoms with van der Waals surface area (Å²) in [6.07, 6.45) is 3.02. The van der Waals surface area contributed by atoms with Crippen LogP contribution in [0, 0.1) is 13.8 Å². The molecule has 0 saturated carbocycles. The smallest absolute Gasteiger partial charge is 0.273 e. The van der Waals surface area contributed by atoms with Gasteiger partial charge in [-0.05, 0) is 56.9 Å². The van der Waals surface area contributed by atoms with Gasteiger partial charge in [0.25, 0.3) is 5.91 Å². The van der Waals surface area contributed by atoms with Crippen LogP contribution in [0.3, 0.4) is 0 Å². The summed E-state index contributed by atoms with van der Waals surface area (Å²) in [5.41, 5.74) is 9.85. The Balaban J connectivity index is 1.60. The average Bonchev–Trinajstić information content (AvgIpc) is 3.01. The zero-order chi connectivity index (χ0) is 18.8. The van der Waals surface area contributed by atoms with Gasteiger partial charge in [-0.3, -0.25) is 4.79 Å². The van der Waals surface area contributed by atoms with Crippen molar-refractivity contribution in [1.82, 2.24) is 9.99 Å². The Kier molecular flexibility index (Phi) is 4.63. The van der Waals surface area contributed by atoms with Gasteiger partial charge in [-0.15, -0.1) is 0 Å². The van der Waals surface area contributed by atoms with E-state index in [1.807, 2.05) is 56.3 Å². The first-order valence-electron chi connectivity index (χ1n) is 9.34. The molecule has 1 aliphatic carbocycles. The van der Waals surface area contributed by atoms with Crippen LogP contribution in [-0.4, -0.2) is 16.2 Å². The second-order valence-electron chi connectivity index (χ2n) is 6.97.